The van der Waals surface area contributed by atoms with E-state index in [4.69, 9.17) is 21.1 Å². The van der Waals surface area contributed by atoms with E-state index >= 15 is 0 Å². The summed E-state index contributed by atoms with van der Waals surface area (Å²) in [5.74, 6) is 0.0122. The summed E-state index contributed by atoms with van der Waals surface area (Å²) in [5, 5.41) is 0.532. The monoisotopic (exact) mass is 228 g/mol. The number of halogens is 1. The third-order valence-corrected chi connectivity index (χ3v) is 2.00. The van der Waals surface area contributed by atoms with Gasteiger partial charge in [-0.1, -0.05) is 17.7 Å². The Morgan fingerprint density at radius 3 is 2.87 bits per heavy atom. The first-order valence-corrected chi connectivity index (χ1v) is 5.10. The molecule has 1 aromatic rings. The molecule has 0 N–H and O–H groups in total. The number of benzene rings is 1. The first kappa shape index (κ1) is 12.0. The van der Waals surface area contributed by atoms with Crippen LogP contribution in [0.2, 0.25) is 5.02 Å². The minimum Gasteiger partial charge on any atom is -0.425 e. The number of esters is 1. The SMILES string of the molecule is CCOC(C)C(=O)Oc1cccc(Cl)c1. The van der Waals surface area contributed by atoms with E-state index in [1.54, 1.807) is 31.2 Å². The summed E-state index contributed by atoms with van der Waals surface area (Å²) in [5.41, 5.74) is 0. The van der Waals surface area contributed by atoms with E-state index < -0.39 is 12.1 Å². The normalized spacial score (nSPS) is 12.2. The largest absolute Gasteiger partial charge is 0.425 e. The Hall–Kier alpha value is -1.06. The highest BCUT2D eigenvalue weighted by Crippen LogP contribution is 2.17. The van der Waals surface area contributed by atoms with E-state index in [1.807, 2.05) is 6.92 Å². The van der Waals surface area contributed by atoms with Crippen molar-refractivity contribution in [2.75, 3.05) is 6.61 Å². The van der Waals surface area contributed by atoms with Gasteiger partial charge in [-0.3, -0.25) is 0 Å². The molecule has 15 heavy (non-hydrogen) atoms. The Labute approximate surface area is 93.9 Å². The van der Waals surface area contributed by atoms with Crippen LogP contribution in [0.3, 0.4) is 0 Å². The van der Waals surface area contributed by atoms with Gasteiger partial charge in [-0.2, -0.15) is 0 Å². The second-order valence-electron chi connectivity index (χ2n) is 2.98. The summed E-state index contributed by atoms with van der Waals surface area (Å²) in [7, 11) is 0. The van der Waals surface area contributed by atoms with E-state index in [0.29, 0.717) is 17.4 Å². The predicted octanol–water partition coefficient (Wildman–Crippen LogP) is 2.67. The molecule has 0 amide bonds. The van der Waals surface area contributed by atoms with Crippen molar-refractivity contribution in [3.8, 4) is 5.75 Å². The van der Waals surface area contributed by atoms with Crippen LogP contribution in [0, 0.1) is 0 Å². The Bertz CT molecular complexity index is 338. The summed E-state index contributed by atoms with van der Waals surface area (Å²) in [6.45, 7) is 3.95. The number of carbonyl (C=O) groups excluding carboxylic acids is 1. The van der Waals surface area contributed by atoms with E-state index in [2.05, 4.69) is 0 Å². The zero-order valence-electron chi connectivity index (χ0n) is 8.70. The van der Waals surface area contributed by atoms with Crippen molar-refractivity contribution in [1.82, 2.24) is 0 Å². The van der Waals surface area contributed by atoms with Gasteiger partial charge >= 0.3 is 5.97 Å². The van der Waals surface area contributed by atoms with Gasteiger partial charge in [-0.15, -0.1) is 0 Å². The van der Waals surface area contributed by atoms with Crippen molar-refractivity contribution in [2.45, 2.75) is 20.0 Å². The molecule has 1 rings (SSSR count). The Balaban J connectivity index is 2.58. The van der Waals surface area contributed by atoms with Crippen LogP contribution in [0.4, 0.5) is 0 Å². The third-order valence-electron chi connectivity index (χ3n) is 1.76. The van der Waals surface area contributed by atoms with Gasteiger partial charge in [0.15, 0.2) is 6.10 Å². The van der Waals surface area contributed by atoms with Crippen LogP contribution in [0.5, 0.6) is 5.75 Å². The van der Waals surface area contributed by atoms with Gasteiger partial charge in [-0.05, 0) is 32.0 Å². The lowest BCUT2D eigenvalue weighted by atomic mass is 10.3. The summed E-state index contributed by atoms with van der Waals surface area (Å²) in [4.78, 5) is 11.4. The van der Waals surface area contributed by atoms with Crippen LogP contribution in [-0.4, -0.2) is 18.7 Å². The maximum Gasteiger partial charge on any atom is 0.340 e. The molecule has 0 radical (unpaired) electrons. The molecule has 0 spiro atoms. The van der Waals surface area contributed by atoms with Gasteiger partial charge in [0.05, 0.1) is 0 Å². The van der Waals surface area contributed by atoms with Crippen molar-refractivity contribution in [3.63, 3.8) is 0 Å². The molecule has 0 aromatic heterocycles. The zero-order chi connectivity index (χ0) is 11.3. The Kier molecular flexibility index (Phi) is 4.59. The molecule has 0 fully saturated rings. The summed E-state index contributed by atoms with van der Waals surface area (Å²) < 4.78 is 10.2. The minimum atomic E-state index is -0.561. The lowest BCUT2D eigenvalue weighted by Gasteiger charge is -2.10. The fourth-order valence-electron chi connectivity index (χ4n) is 1.05. The smallest absolute Gasteiger partial charge is 0.340 e. The quantitative estimate of drug-likeness (QED) is 0.587. The van der Waals surface area contributed by atoms with Gasteiger partial charge in [0.25, 0.3) is 0 Å². The van der Waals surface area contributed by atoms with Crippen molar-refractivity contribution in [3.05, 3.63) is 29.3 Å². The number of ether oxygens (including phenoxy) is 2. The molecule has 0 aliphatic heterocycles. The third kappa shape index (κ3) is 3.90. The van der Waals surface area contributed by atoms with Crippen LogP contribution in [0.1, 0.15) is 13.8 Å². The van der Waals surface area contributed by atoms with Crippen LogP contribution in [-0.2, 0) is 9.53 Å². The fraction of sp³-hybridized carbons (Fsp3) is 0.364. The van der Waals surface area contributed by atoms with E-state index in [0.717, 1.165) is 0 Å². The molecule has 4 heteroatoms. The number of hydrogen-bond acceptors (Lipinski definition) is 3. The topological polar surface area (TPSA) is 35.5 Å². The standard InChI is InChI=1S/C11H13ClO3/c1-3-14-8(2)11(13)15-10-6-4-5-9(12)7-10/h4-8H,3H2,1-2H3. The highest BCUT2D eigenvalue weighted by Gasteiger charge is 2.14. The van der Waals surface area contributed by atoms with Crippen LogP contribution < -0.4 is 4.74 Å². The molecular weight excluding hydrogens is 216 g/mol. The van der Waals surface area contributed by atoms with Crippen LogP contribution in [0.15, 0.2) is 24.3 Å². The molecule has 0 bridgehead atoms. The molecule has 0 saturated carbocycles. The number of carbonyl (C=O) groups is 1. The van der Waals surface area contributed by atoms with Gasteiger partial charge in [0, 0.05) is 11.6 Å². The molecule has 0 aliphatic rings. The maximum absolute atomic E-state index is 11.4. The molecule has 82 valence electrons. The van der Waals surface area contributed by atoms with E-state index in [1.165, 1.54) is 0 Å². The number of hydrogen-bond donors (Lipinski definition) is 0. The number of rotatable bonds is 4. The van der Waals surface area contributed by atoms with E-state index in [-0.39, 0.29) is 0 Å². The molecule has 0 heterocycles. The first-order chi connectivity index (χ1) is 7.13. The molecule has 1 unspecified atom stereocenters. The minimum absolute atomic E-state index is 0.417. The maximum atomic E-state index is 11.4. The summed E-state index contributed by atoms with van der Waals surface area (Å²) in [6, 6.07) is 6.68. The molecular formula is C11H13ClO3. The lowest BCUT2D eigenvalue weighted by Crippen LogP contribution is -2.25. The highest BCUT2D eigenvalue weighted by atomic mass is 35.5. The molecule has 0 saturated heterocycles. The molecule has 1 aromatic carbocycles. The second-order valence-corrected chi connectivity index (χ2v) is 3.41. The fourth-order valence-corrected chi connectivity index (χ4v) is 1.23. The van der Waals surface area contributed by atoms with Gasteiger partial charge in [-0.25, -0.2) is 4.79 Å². The van der Waals surface area contributed by atoms with Gasteiger partial charge in [0.2, 0.25) is 0 Å². The van der Waals surface area contributed by atoms with Crippen molar-refractivity contribution >= 4 is 17.6 Å². The van der Waals surface area contributed by atoms with Gasteiger partial charge in [0.1, 0.15) is 5.75 Å². The summed E-state index contributed by atoms with van der Waals surface area (Å²) in [6.07, 6.45) is -0.561. The molecule has 1 atom stereocenters. The average Bonchev–Trinajstić information content (AvgIpc) is 2.18. The Morgan fingerprint density at radius 2 is 2.27 bits per heavy atom. The average molecular weight is 229 g/mol. The van der Waals surface area contributed by atoms with Crippen molar-refractivity contribution in [2.24, 2.45) is 0 Å². The van der Waals surface area contributed by atoms with Crippen LogP contribution in [0.25, 0.3) is 0 Å². The second kappa shape index (κ2) is 5.73. The van der Waals surface area contributed by atoms with Crippen molar-refractivity contribution in [1.29, 1.82) is 0 Å². The van der Waals surface area contributed by atoms with E-state index in [9.17, 15) is 4.79 Å². The zero-order valence-corrected chi connectivity index (χ0v) is 9.45. The van der Waals surface area contributed by atoms with Gasteiger partial charge < -0.3 is 9.47 Å². The van der Waals surface area contributed by atoms with Crippen LogP contribution >= 0.6 is 11.6 Å². The summed E-state index contributed by atoms with van der Waals surface area (Å²) >= 11 is 5.75. The first-order valence-electron chi connectivity index (χ1n) is 4.72. The molecule has 0 aliphatic carbocycles. The predicted molar refractivity (Wildman–Crippen MR) is 58.2 cm³/mol. The highest BCUT2D eigenvalue weighted by molar-refractivity contribution is 6.30. The lowest BCUT2D eigenvalue weighted by molar-refractivity contribution is -0.145. The van der Waals surface area contributed by atoms with Crippen molar-refractivity contribution < 1.29 is 14.3 Å². The Morgan fingerprint density at radius 1 is 1.53 bits per heavy atom. The molecule has 3 nitrogen and oxygen atoms in total.